The van der Waals surface area contributed by atoms with Gasteiger partial charge in [-0.25, -0.2) is 9.97 Å². The number of ether oxygens (including phenoxy) is 1. The molecule has 4 rings (SSSR count). The largest absolute Gasteiger partial charge is 0.379 e. The molecule has 1 spiro atoms. The molecule has 2 aromatic rings. The van der Waals surface area contributed by atoms with Crippen molar-refractivity contribution in [3.05, 3.63) is 40.5 Å². The van der Waals surface area contributed by atoms with Crippen LogP contribution in [0.25, 0.3) is 0 Å². The molecule has 5 nitrogen and oxygen atoms in total. The predicted octanol–water partition coefficient (Wildman–Crippen LogP) is 2.58. The molecule has 1 atom stereocenters. The van der Waals surface area contributed by atoms with E-state index in [2.05, 4.69) is 44.2 Å². The molecule has 0 saturated carbocycles. The summed E-state index contributed by atoms with van der Waals surface area (Å²) in [4.78, 5) is 14.1. The van der Waals surface area contributed by atoms with Gasteiger partial charge in [-0.05, 0) is 25.5 Å². The van der Waals surface area contributed by atoms with Gasteiger partial charge in [-0.1, -0.05) is 6.07 Å². The van der Waals surface area contributed by atoms with Gasteiger partial charge in [0.25, 0.3) is 0 Å². The van der Waals surface area contributed by atoms with E-state index in [0.29, 0.717) is 0 Å². The molecule has 0 N–H and O–H groups in total. The highest BCUT2D eigenvalue weighted by molar-refractivity contribution is 7.09. The van der Waals surface area contributed by atoms with Crippen molar-refractivity contribution >= 4 is 17.2 Å². The number of rotatable bonds is 3. The highest BCUT2D eigenvalue weighted by Gasteiger charge is 2.41. The zero-order valence-corrected chi connectivity index (χ0v) is 15.0. The summed E-state index contributed by atoms with van der Waals surface area (Å²) in [6.07, 6.45) is 3.04. The van der Waals surface area contributed by atoms with Crippen molar-refractivity contribution in [2.24, 2.45) is 5.41 Å². The summed E-state index contributed by atoms with van der Waals surface area (Å²) in [6, 6.07) is 6.14. The van der Waals surface area contributed by atoms with Crippen LogP contribution in [0.15, 0.2) is 29.8 Å². The topological polar surface area (TPSA) is 41.5 Å². The maximum absolute atomic E-state index is 5.98. The molecule has 0 aromatic carbocycles. The second kappa shape index (κ2) is 6.78. The molecule has 2 aliphatic heterocycles. The third-order valence-corrected chi connectivity index (χ3v) is 5.81. The Bertz CT molecular complexity index is 677. The summed E-state index contributed by atoms with van der Waals surface area (Å²) in [5.74, 6) is 1.08. The minimum Gasteiger partial charge on any atom is -0.379 e. The van der Waals surface area contributed by atoms with Crippen molar-refractivity contribution in [2.75, 3.05) is 44.3 Å². The Kier molecular flexibility index (Phi) is 4.52. The molecule has 2 saturated heterocycles. The highest BCUT2D eigenvalue weighted by atomic mass is 32.1. The lowest BCUT2D eigenvalue weighted by Gasteiger charge is -2.31. The Balaban J connectivity index is 1.46. The number of aryl methyl sites for hydroxylation is 1. The molecule has 2 fully saturated rings. The second-order valence-electron chi connectivity index (χ2n) is 6.98. The minimum absolute atomic E-state index is 0.207. The predicted molar refractivity (Wildman–Crippen MR) is 96.4 cm³/mol. The van der Waals surface area contributed by atoms with Crippen LogP contribution in [0, 0.1) is 12.3 Å². The van der Waals surface area contributed by atoms with E-state index in [0.717, 1.165) is 63.2 Å². The van der Waals surface area contributed by atoms with E-state index in [1.807, 2.05) is 12.3 Å². The van der Waals surface area contributed by atoms with Crippen molar-refractivity contribution in [3.8, 4) is 0 Å². The van der Waals surface area contributed by atoms with E-state index < -0.39 is 0 Å². The average molecular weight is 344 g/mol. The van der Waals surface area contributed by atoms with Gasteiger partial charge in [-0.2, -0.15) is 0 Å². The Labute approximate surface area is 147 Å². The van der Waals surface area contributed by atoms with Gasteiger partial charge in [0.2, 0.25) is 0 Å². The average Bonchev–Trinajstić information content (AvgIpc) is 3.13. The number of hydrogen-bond acceptors (Lipinski definition) is 6. The van der Waals surface area contributed by atoms with Crippen LogP contribution in [0.5, 0.6) is 0 Å². The van der Waals surface area contributed by atoms with Crippen LogP contribution in [-0.2, 0) is 11.3 Å². The zero-order valence-electron chi connectivity index (χ0n) is 14.1. The van der Waals surface area contributed by atoms with Gasteiger partial charge in [-0.15, -0.1) is 11.3 Å². The fourth-order valence-corrected chi connectivity index (χ4v) is 4.45. The second-order valence-corrected chi connectivity index (χ2v) is 8.04. The first kappa shape index (κ1) is 16.0. The quantitative estimate of drug-likeness (QED) is 0.856. The molecule has 24 heavy (non-hydrogen) atoms. The van der Waals surface area contributed by atoms with Crippen LogP contribution >= 0.6 is 11.3 Å². The SMILES string of the molecule is Cc1nc(CN2CCOCC3(CCN(c4ccccn4)C3)C2)cs1. The molecule has 2 aromatic heterocycles. The standard InChI is InChI=1S/C18H24N4OS/c1-15-20-16(11-24-15)10-21-8-9-23-14-18(12-21)5-7-22(13-18)17-4-2-3-6-19-17/h2-4,6,11H,5,7-10,12-14H2,1H3. The van der Waals surface area contributed by atoms with Crippen LogP contribution < -0.4 is 4.90 Å². The molecule has 0 radical (unpaired) electrons. The molecule has 4 heterocycles. The van der Waals surface area contributed by atoms with E-state index in [1.165, 1.54) is 5.69 Å². The van der Waals surface area contributed by atoms with Gasteiger partial charge in [0.15, 0.2) is 0 Å². The molecule has 0 amide bonds. The van der Waals surface area contributed by atoms with Gasteiger partial charge in [-0.3, -0.25) is 4.90 Å². The van der Waals surface area contributed by atoms with E-state index in [-0.39, 0.29) is 5.41 Å². The number of hydrogen-bond donors (Lipinski definition) is 0. The van der Waals surface area contributed by atoms with Crippen LogP contribution in [0.3, 0.4) is 0 Å². The fourth-order valence-electron chi connectivity index (χ4n) is 3.84. The van der Waals surface area contributed by atoms with Gasteiger partial charge >= 0.3 is 0 Å². The van der Waals surface area contributed by atoms with Crippen molar-refractivity contribution in [1.82, 2.24) is 14.9 Å². The van der Waals surface area contributed by atoms with Gasteiger partial charge in [0.05, 0.1) is 23.9 Å². The van der Waals surface area contributed by atoms with Crippen molar-refractivity contribution in [1.29, 1.82) is 0 Å². The number of nitrogens with zero attached hydrogens (tertiary/aromatic N) is 4. The number of pyridine rings is 1. The first-order valence-electron chi connectivity index (χ1n) is 8.60. The number of aromatic nitrogens is 2. The lowest BCUT2D eigenvalue weighted by Crippen LogP contribution is -2.40. The summed E-state index contributed by atoms with van der Waals surface area (Å²) in [5.41, 5.74) is 1.40. The van der Waals surface area contributed by atoms with E-state index >= 15 is 0 Å². The molecular formula is C18H24N4OS. The molecule has 128 valence electrons. The van der Waals surface area contributed by atoms with E-state index in [1.54, 1.807) is 11.3 Å². The number of thiazole rings is 1. The molecule has 6 heteroatoms. The summed E-state index contributed by atoms with van der Waals surface area (Å²) < 4.78 is 5.98. The van der Waals surface area contributed by atoms with Gasteiger partial charge in [0.1, 0.15) is 5.82 Å². The normalized spacial score (nSPS) is 25.3. The third-order valence-electron chi connectivity index (χ3n) is 4.98. The monoisotopic (exact) mass is 344 g/mol. The lowest BCUT2D eigenvalue weighted by atomic mass is 9.87. The van der Waals surface area contributed by atoms with Crippen molar-refractivity contribution < 1.29 is 4.74 Å². The molecule has 2 aliphatic rings. The molecule has 1 unspecified atom stereocenters. The van der Waals surface area contributed by atoms with Crippen molar-refractivity contribution in [3.63, 3.8) is 0 Å². The smallest absolute Gasteiger partial charge is 0.128 e. The molecule has 0 aliphatic carbocycles. The highest BCUT2D eigenvalue weighted by Crippen LogP contribution is 2.35. The first-order chi connectivity index (χ1) is 11.7. The lowest BCUT2D eigenvalue weighted by molar-refractivity contribution is 0.0798. The van der Waals surface area contributed by atoms with E-state index in [9.17, 15) is 0 Å². The first-order valence-corrected chi connectivity index (χ1v) is 9.48. The summed E-state index contributed by atoms with van der Waals surface area (Å²) >= 11 is 1.73. The number of anilines is 1. The van der Waals surface area contributed by atoms with Gasteiger partial charge < -0.3 is 9.64 Å². The summed E-state index contributed by atoms with van der Waals surface area (Å²) in [5, 5.41) is 3.33. The van der Waals surface area contributed by atoms with Crippen LogP contribution in [0.4, 0.5) is 5.82 Å². The maximum Gasteiger partial charge on any atom is 0.128 e. The van der Waals surface area contributed by atoms with Crippen molar-refractivity contribution in [2.45, 2.75) is 19.9 Å². The Morgan fingerprint density at radius 3 is 3.04 bits per heavy atom. The van der Waals surface area contributed by atoms with Crippen LogP contribution in [0.2, 0.25) is 0 Å². The summed E-state index contributed by atoms with van der Waals surface area (Å²) in [7, 11) is 0. The minimum atomic E-state index is 0.207. The third kappa shape index (κ3) is 3.45. The molecule has 0 bridgehead atoms. The maximum atomic E-state index is 5.98. The Hall–Kier alpha value is -1.50. The molecular weight excluding hydrogens is 320 g/mol. The Morgan fingerprint density at radius 2 is 2.25 bits per heavy atom. The summed E-state index contributed by atoms with van der Waals surface area (Å²) in [6.45, 7) is 8.81. The Morgan fingerprint density at radius 1 is 1.29 bits per heavy atom. The fraction of sp³-hybridized carbons (Fsp3) is 0.556. The van der Waals surface area contributed by atoms with Crippen LogP contribution in [-0.4, -0.2) is 54.3 Å². The van der Waals surface area contributed by atoms with Crippen LogP contribution in [0.1, 0.15) is 17.1 Å². The van der Waals surface area contributed by atoms with E-state index in [4.69, 9.17) is 4.74 Å². The zero-order chi connectivity index (χ0) is 16.4. The van der Waals surface area contributed by atoms with Gasteiger partial charge in [0, 0.05) is 49.7 Å².